The molecule has 0 saturated carbocycles. The van der Waals surface area contributed by atoms with Crippen LogP contribution in [0.4, 0.5) is 10.1 Å². The zero-order chi connectivity index (χ0) is 15.2. The number of hydrogen-bond acceptors (Lipinski definition) is 2. The number of aryl methyl sites for hydroxylation is 1. The van der Waals surface area contributed by atoms with Crippen LogP contribution >= 0.6 is 0 Å². The molecule has 2 rings (SSSR count). The Bertz CT molecular complexity index is 583. The van der Waals surface area contributed by atoms with E-state index in [1.165, 1.54) is 17.3 Å². The molecule has 0 aliphatic heterocycles. The highest BCUT2D eigenvalue weighted by Gasteiger charge is 2.12. The smallest absolute Gasteiger partial charge is 0.123 e. The van der Waals surface area contributed by atoms with Gasteiger partial charge in [-0.25, -0.2) is 4.39 Å². The number of benzene rings is 2. The van der Waals surface area contributed by atoms with Crippen LogP contribution in [-0.4, -0.2) is 20.6 Å². The number of halogens is 1. The van der Waals surface area contributed by atoms with Gasteiger partial charge in [-0.05, 0) is 49.7 Å². The van der Waals surface area contributed by atoms with Crippen molar-refractivity contribution in [1.82, 2.24) is 5.32 Å². The van der Waals surface area contributed by atoms with Crippen LogP contribution in [0.5, 0.6) is 0 Å². The van der Waals surface area contributed by atoms with E-state index < -0.39 is 0 Å². The van der Waals surface area contributed by atoms with E-state index in [0.717, 1.165) is 18.5 Å². The molecule has 0 radical (unpaired) electrons. The van der Waals surface area contributed by atoms with Gasteiger partial charge in [0.2, 0.25) is 0 Å². The summed E-state index contributed by atoms with van der Waals surface area (Å²) < 4.78 is 13.3. The minimum absolute atomic E-state index is 0.159. The molecule has 2 aromatic rings. The first kappa shape index (κ1) is 15.5. The van der Waals surface area contributed by atoms with E-state index in [1.807, 2.05) is 13.1 Å². The lowest BCUT2D eigenvalue weighted by molar-refractivity contribution is 0.542. The standard InChI is InChI=1S/C18H23FN2/c1-14-7-4-5-10-18(14)21(3)12-11-17(20-2)15-8-6-9-16(19)13-15/h4-10,13,17,20H,11-12H2,1-3H3. The van der Waals surface area contributed by atoms with Crippen LogP contribution in [0.2, 0.25) is 0 Å². The van der Waals surface area contributed by atoms with Crippen molar-refractivity contribution in [3.8, 4) is 0 Å². The van der Waals surface area contributed by atoms with Gasteiger partial charge >= 0.3 is 0 Å². The second-order valence-electron chi connectivity index (χ2n) is 5.39. The van der Waals surface area contributed by atoms with Gasteiger partial charge in [0.05, 0.1) is 0 Å². The Hall–Kier alpha value is -1.87. The van der Waals surface area contributed by atoms with E-state index >= 15 is 0 Å². The third kappa shape index (κ3) is 4.05. The molecule has 0 saturated heterocycles. The first-order chi connectivity index (χ1) is 10.1. The van der Waals surface area contributed by atoms with E-state index in [0.29, 0.717) is 0 Å². The van der Waals surface area contributed by atoms with Gasteiger partial charge < -0.3 is 10.2 Å². The molecule has 0 fully saturated rings. The monoisotopic (exact) mass is 286 g/mol. The van der Waals surface area contributed by atoms with E-state index in [9.17, 15) is 4.39 Å². The Morgan fingerprint density at radius 3 is 2.57 bits per heavy atom. The Morgan fingerprint density at radius 1 is 1.14 bits per heavy atom. The van der Waals surface area contributed by atoms with Crippen LogP contribution < -0.4 is 10.2 Å². The molecule has 21 heavy (non-hydrogen) atoms. The highest BCUT2D eigenvalue weighted by molar-refractivity contribution is 5.52. The third-order valence-electron chi connectivity index (χ3n) is 3.88. The molecule has 112 valence electrons. The number of nitrogens with one attached hydrogen (secondary N) is 1. The molecule has 3 heteroatoms. The summed E-state index contributed by atoms with van der Waals surface area (Å²) in [4.78, 5) is 2.25. The highest BCUT2D eigenvalue weighted by Crippen LogP contribution is 2.21. The summed E-state index contributed by atoms with van der Waals surface area (Å²) >= 11 is 0. The summed E-state index contributed by atoms with van der Waals surface area (Å²) in [5, 5.41) is 3.27. The fraction of sp³-hybridized carbons (Fsp3) is 0.333. The quantitative estimate of drug-likeness (QED) is 0.866. The highest BCUT2D eigenvalue weighted by atomic mass is 19.1. The molecular formula is C18H23FN2. The Labute approximate surface area is 126 Å². The van der Waals surface area contributed by atoms with E-state index in [1.54, 1.807) is 12.1 Å². The summed E-state index contributed by atoms with van der Waals surface area (Å²) in [6.07, 6.45) is 0.921. The minimum Gasteiger partial charge on any atom is -0.374 e. The van der Waals surface area contributed by atoms with Crippen LogP contribution in [-0.2, 0) is 0 Å². The molecule has 0 amide bonds. The van der Waals surface area contributed by atoms with Crippen molar-refractivity contribution in [2.45, 2.75) is 19.4 Å². The van der Waals surface area contributed by atoms with Gasteiger partial charge in [0.15, 0.2) is 0 Å². The largest absolute Gasteiger partial charge is 0.374 e. The Kier molecular flexibility index (Phi) is 5.34. The lowest BCUT2D eigenvalue weighted by atomic mass is 10.0. The lowest BCUT2D eigenvalue weighted by Gasteiger charge is -2.24. The van der Waals surface area contributed by atoms with Crippen molar-refractivity contribution in [3.05, 3.63) is 65.5 Å². The van der Waals surface area contributed by atoms with Gasteiger partial charge in [-0.3, -0.25) is 0 Å². The lowest BCUT2D eigenvalue weighted by Crippen LogP contribution is -2.25. The normalized spacial score (nSPS) is 12.2. The zero-order valence-electron chi connectivity index (χ0n) is 12.9. The van der Waals surface area contributed by atoms with Crippen LogP contribution in [0.15, 0.2) is 48.5 Å². The van der Waals surface area contributed by atoms with E-state index in [2.05, 4.69) is 48.5 Å². The zero-order valence-corrected chi connectivity index (χ0v) is 12.9. The minimum atomic E-state index is -0.181. The van der Waals surface area contributed by atoms with Gasteiger partial charge in [-0.1, -0.05) is 30.3 Å². The summed E-state index contributed by atoms with van der Waals surface area (Å²) in [6, 6.07) is 15.3. The van der Waals surface area contributed by atoms with Crippen molar-refractivity contribution in [3.63, 3.8) is 0 Å². The molecule has 1 N–H and O–H groups in total. The van der Waals surface area contributed by atoms with Gasteiger partial charge in [-0.15, -0.1) is 0 Å². The van der Waals surface area contributed by atoms with Crippen LogP contribution in [0.25, 0.3) is 0 Å². The van der Waals surface area contributed by atoms with Gasteiger partial charge in [0.25, 0.3) is 0 Å². The van der Waals surface area contributed by atoms with Crippen LogP contribution in [0.3, 0.4) is 0 Å². The fourth-order valence-electron chi connectivity index (χ4n) is 2.64. The molecule has 2 aromatic carbocycles. The number of nitrogens with zero attached hydrogens (tertiary/aromatic N) is 1. The number of rotatable bonds is 6. The number of hydrogen-bond donors (Lipinski definition) is 1. The Balaban J connectivity index is 2.02. The fourth-order valence-corrected chi connectivity index (χ4v) is 2.64. The summed E-state index contributed by atoms with van der Waals surface area (Å²) in [7, 11) is 4.02. The number of para-hydroxylation sites is 1. The van der Waals surface area contributed by atoms with Crippen molar-refractivity contribution >= 4 is 5.69 Å². The van der Waals surface area contributed by atoms with Gasteiger partial charge in [-0.2, -0.15) is 0 Å². The average Bonchev–Trinajstić information content (AvgIpc) is 2.48. The molecule has 0 spiro atoms. The molecule has 0 aliphatic rings. The molecule has 0 heterocycles. The van der Waals surface area contributed by atoms with Crippen LogP contribution in [0, 0.1) is 12.7 Å². The first-order valence-electron chi connectivity index (χ1n) is 7.31. The van der Waals surface area contributed by atoms with E-state index in [-0.39, 0.29) is 11.9 Å². The summed E-state index contributed by atoms with van der Waals surface area (Å²) in [5.41, 5.74) is 3.51. The molecular weight excluding hydrogens is 263 g/mol. The predicted octanol–water partition coefficient (Wildman–Crippen LogP) is 3.92. The van der Waals surface area contributed by atoms with Crippen molar-refractivity contribution < 1.29 is 4.39 Å². The number of anilines is 1. The molecule has 0 aliphatic carbocycles. The molecule has 0 aromatic heterocycles. The summed E-state index contributed by atoms with van der Waals surface area (Å²) in [5.74, 6) is -0.181. The van der Waals surface area contributed by atoms with Crippen molar-refractivity contribution in [2.24, 2.45) is 0 Å². The molecule has 1 atom stereocenters. The van der Waals surface area contributed by atoms with Gasteiger partial charge in [0.1, 0.15) is 5.82 Å². The SMILES string of the molecule is CNC(CCN(C)c1ccccc1C)c1cccc(F)c1. The second kappa shape index (κ2) is 7.23. The second-order valence-corrected chi connectivity index (χ2v) is 5.39. The maximum atomic E-state index is 13.3. The molecule has 1 unspecified atom stereocenters. The molecule has 0 bridgehead atoms. The maximum absolute atomic E-state index is 13.3. The van der Waals surface area contributed by atoms with Crippen molar-refractivity contribution in [1.29, 1.82) is 0 Å². The third-order valence-corrected chi connectivity index (χ3v) is 3.88. The molecule has 2 nitrogen and oxygen atoms in total. The average molecular weight is 286 g/mol. The Morgan fingerprint density at radius 2 is 1.90 bits per heavy atom. The predicted molar refractivity (Wildman–Crippen MR) is 87.3 cm³/mol. The van der Waals surface area contributed by atoms with Crippen molar-refractivity contribution in [2.75, 3.05) is 25.5 Å². The van der Waals surface area contributed by atoms with E-state index in [4.69, 9.17) is 0 Å². The maximum Gasteiger partial charge on any atom is 0.123 e. The van der Waals surface area contributed by atoms with Crippen LogP contribution in [0.1, 0.15) is 23.6 Å². The topological polar surface area (TPSA) is 15.3 Å². The summed E-state index contributed by atoms with van der Waals surface area (Å²) in [6.45, 7) is 3.03. The first-order valence-corrected chi connectivity index (χ1v) is 7.31. The van der Waals surface area contributed by atoms with Gasteiger partial charge in [0, 0.05) is 25.3 Å².